The molecule has 0 radical (unpaired) electrons. The molecular formula is C14H16N4O. The Morgan fingerprint density at radius 1 is 1.21 bits per heavy atom. The van der Waals surface area contributed by atoms with Crippen LogP contribution in [0.2, 0.25) is 0 Å². The molecule has 2 aromatic rings. The van der Waals surface area contributed by atoms with Gasteiger partial charge in [-0.05, 0) is 30.7 Å². The Kier molecular flexibility index (Phi) is 4.44. The van der Waals surface area contributed by atoms with Gasteiger partial charge in [0.2, 0.25) is 0 Å². The Balaban J connectivity index is 1.99. The van der Waals surface area contributed by atoms with E-state index >= 15 is 0 Å². The molecule has 0 saturated heterocycles. The third kappa shape index (κ3) is 3.77. The molecule has 0 fully saturated rings. The van der Waals surface area contributed by atoms with E-state index in [1.54, 1.807) is 30.6 Å². The maximum atomic E-state index is 11.9. The average Bonchev–Trinajstić information content (AvgIpc) is 2.46. The minimum Gasteiger partial charge on any atom is -0.384 e. The molecule has 19 heavy (non-hydrogen) atoms. The number of amides is 1. The second-order valence-electron chi connectivity index (χ2n) is 4.03. The lowest BCUT2D eigenvalue weighted by Gasteiger charge is -2.06. The summed E-state index contributed by atoms with van der Waals surface area (Å²) >= 11 is 0. The largest absolute Gasteiger partial charge is 0.384 e. The molecule has 98 valence electrons. The van der Waals surface area contributed by atoms with Gasteiger partial charge in [-0.25, -0.2) is 9.97 Å². The topological polar surface area (TPSA) is 66.9 Å². The Bertz CT molecular complexity index is 525. The standard InChI is InChI=1S/C14H16N4O/c1-2-8-15-11-6-7-12(17-10-11)14(19)18-13-5-3-4-9-16-13/h3-7,9-10,15H,2,8H2,1H3,(H,16,18,19). The first-order valence-electron chi connectivity index (χ1n) is 6.22. The Morgan fingerprint density at radius 2 is 2.11 bits per heavy atom. The summed E-state index contributed by atoms with van der Waals surface area (Å²) in [6.07, 6.45) is 4.33. The van der Waals surface area contributed by atoms with E-state index in [0.29, 0.717) is 11.5 Å². The monoisotopic (exact) mass is 256 g/mol. The normalized spacial score (nSPS) is 9.95. The summed E-state index contributed by atoms with van der Waals surface area (Å²) in [6, 6.07) is 8.87. The van der Waals surface area contributed by atoms with Gasteiger partial charge in [0.1, 0.15) is 11.5 Å². The van der Waals surface area contributed by atoms with Crippen LogP contribution in [0.25, 0.3) is 0 Å². The fraction of sp³-hybridized carbons (Fsp3) is 0.214. The number of hydrogen-bond acceptors (Lipinski definition) is 4. The van der Waals surface area contributed by atoms with Crippen LogP contribution in [-0.2, 0) is 0 Å². The van der Waals surface area contributed by atoms with Crippen LogP contribution in [0.1, 0.15) is 23.8 Å². The van der Waals surface area contributed by atoms with Crippen molar-refractivity contribution in [2.45, 2.75) is 13.3 Å². The van der Waals surface area contributed by atoms with Crippen LogP contribution >= 0.6 is 0 Å². The number of aromatic nitrogens is 2. The maximum absolute atomic E-state index is 11.9. The van der Waals surface area contributed by atoms with Crippen LogP contribution in [0, 0.1) is 0 Å². The summed E-state index contributed by atoms with van der Waals surface area (Å²) in [4.78, 5) is 20.1. The fourth-order valence-electron chi connectivity index (χ4n) is 1.52. The van der Waals surface area contributed by atoms with E-state index in [1.165, 1.54) is 0 Å². The van der Waals surface area contributed by atoms with Crippen LogP contribution in [0.5, 0.6) is 0 Å². The van der Waals surface area contributed by atoms with Crippen molar-refractivity contribution in [3.05, 3.63) is 48.4 Å². The van der Waals surface area contributed by atoms with Gasteiger partial charge in [0.15, 0.2) is 0 Å². The first kappa shape index (κ1) is 13.0. The van der Waals surface area contributed by atoms with Crippen molar-refractivity contribution < 1.29 is 4.79 Å². The van der Waals surface area contributed by atoms with Gasteiger partial charge in [-0.15, -0.1) is 0 Å². The Hall–Kier alpha value is -2.43. The van der Waals surface area contributed by atoms with Gasteiger partial charge in [-0.2, -0.15) is 0 Å². The molecule has 5 nitrogen and oxygen atoms in total. The summed E-state index contributed by atoms with van der Waals surface area (Å²) in [5, 5.41) is 5.89. The highest BCUT2D eigenvalue weighted by molar-refractivity contribution is 6.02. The van der Waals surface area contributed by atoms with Crippen LogP contribution in [0.3, 0.4) is 0 Å². The predicted octanol–water partition coefficient (Wildman–Crippen LogP) is 2.55. The zero-order valence-corrected chi connectivity index (χ0v) is 10.8. The lowest BCUT2D eigenvalue weighted by molar-refractivity contribution is 0.102. The number of pyridine rings is 2. The highest BCUT2D eigenvalue weighted by Crippen LogP contribution is 2.08. The van der Waals surface area contributed by atoms with Crippen LogP contribution in [-0.4, -0.2) is 22.4 Å². The van der Waals surface area contributed by atoms with Crippen molar-refractivity contribution in [3.8, 4) is 0 Å². The zero-order valence-electron chi connectivity index (χ0n) is 10.8. The van der Waals surface area contributed by atoms with Crippen molar-refractivity contribution in [2.24, 2.45) is 0 Å². The van der Waals surface area contributed by atoms with Crippen LogP contribution in [0.4, 0.5) is 11.5 Å². The molecule has 0 spiro atoms. The fourth-order valence-corrected chi connectivity index (χ4v) is 1.52. The molecule has 0 bridgehead atoms. The minimum atomic E-state index is -0.263. The SMILES string of the molecule is CCCNc1ccc(C(=O)Nc2ccccn2)nc1. The van der Waals surface area contributed by atoms with Crippen molar-refractivity contribution >= 4 is 17.4 Å². The van der Waals surface area contributed by atoms with E-state index in [2.05, 4.69) is 27.5 Å². The Labute approximate surface area is 112 Å². The molecule has 0 saturated carbocycles. The van der Waals surface area contributed by atoms with Gasteiger partial charge in [-0.1, -0.05) is 13.0 Å². The molecule has 0 aliphatic rings. The van der Waals surface area contributed by atoms with Gasteiger partial charge < -0.3 is 10.6 Å². The van der Waals surface area contributed by atoms with Crippen LogP contribution < -0.4 is 10.6 Å². The number of anilines is 2. The molecule has 5 heteroatoms. The van der Waals surface area contributed by atoms with Gasteiger partial charge in [0.25, 0.3) is 5.91 Å². The first-order valence-corrected chi connectivity index (χ1v) is 6.22. The average molecular weight is 256 g/mol. The third-order valence-corrected chi connectivity index (χ3v) is 2.48. The summed E-state index contributed by atoms with van der Waals surface area (Å²) < 4.78 is 0. The number of carbonyl (C=O) groups is 1. The molecule has 1 amide bonds. The molecule has 0 unspecified atom stereocenters. The van der Waals surface area contributed by atoms with E-state index in [9.17, 15) is 4.79 Å². The zero-order chi connectivity index (χ0) is 13.5. The molecule has 2 heterocycles. The molecule has 2 aromatic heterocycles. The Morgan fingerprint density at radius 3 is 2.74 bits per heavy atom. The summed E-state index contributed by atoms with van der Waals surface area (Å²) in [7, 11) is 0. The van der Waals surface area contributed by atoms with Crippen molar-refractivity contribution in [1.29, 1.82) is 0 Å². The smallest absolute Gasteiger partial charge is 0.275 e. The van der Waals surface area contributed by atoms with Gasteiger partial charge in [0.05, 0.1) is 11.9 Å². The van der Waals surface area contributed by atoms with E-state index < -0.39 is 0 Å². The second kappa shape index (κ2) is 6.49. The quantitative estimate of drug-likeness (QED) is 0.862. The van der Waals surface area contributed by atoms with E-state index in [1.807, 2.05) is 12.1 Å². The second-order valence-corrected chi connectivity index (χ2v) is 4.03. The lowest BCUT2D eigenvalue weighted by Crippen LogP contribution is -2.14. The number of rotatable bonds is 5. The van der Waals surface area contributed by atoms with Crippen molar-refractivity contribution in [2.75, 3.05) is 17.2 Å². The summed E-state index contributed by atoms with van der Waals surface area (Å²) in [5.74, 6) is 0.253. The molecule has 0 atom stereocenters. The van der Waals surface area contributed by atoms with Crippen molar-refractivity contribution in [1.82, 2.24) is 9.97 Å². The molecule has 0 aromatic carbocycles. The van der Waals surface area contributed by atoms with Gasteiger partial charge in [0, 0.05) is 12.7 Å². The molecule has 0 aliphatic carbocycles. The minimum absolute atomic E-state index is 0.263. The number of nitrogens with zero attached hydrogens (tertiary/aromatic N) is 2. The number of nitrogens with one attached hydrogen (secondary N) is 2. The molecule has 2 N–H and O–H groups in total. The number of hydrogen-bond donors (Lipinski definition) is 2. The molecule has 0 aliphatic heterocycles. The predicted molar refractivity (Wildman–Crippen MR) is 75.2 cm³/mol. The highest BCUT2D eigenvalue weighted by atomic mass is 16.1. The number of carbonyl (C=O) groups excluding carboxylic acids is 1. The van der Waals surface area contributed by atoms with Gasteiger partial charge >= 0.3 is 0 Å². The van der Waals surface area contributed by atoms with Gasteiger partial charge in [-0.3, -0.25) is 4.79 Å². The molecular weight excluding hydrogens is 240 g/mol. The van der Waals surface area contributed by atoms with E-state index in [4.69, 9.17) is 0 Å². The van der Waals surface area contributed by atoms with E-state index in [0.717, 1.165) is 18.7 Å². The first-order chi connectivity index (χ1) is 9.29. The highest BCUT2D eigenvalue weighted by Gasteiger charge is 2.07. The van der Waals surface area contributed by atoms with E-state index in [-0.39, 0.29) is 5.91 Å². The summed E-state index contributed by atoms with van der Waals surface area (Å²) in [6.45, 7) is 2.98. The molecule has 2 rings (SSSR count). The van der Waals surface area contributed by atoms with Crippen molar-refractivity contribution in [3.63, 3.8) is 0 Å². The lowest BCUT2D eigenvalue weighted by atomic mass is 10.3. The third-order valence-electron chi connectivity index (χ3n) is 2.48. The summed E-state index contributed by atoms with van der Waals surface area (Å²) in [5.41, 5.74) is 1.28. The van der Waals surface area contributed by atoms with Crippen LogP contribution in [0.15, 0.2) is 42.7 Å². The maximum Gasteiger partial charge on any atom is 0.275 e.